The van der Waals surface area contributed by atoms with Gasteiger partial charge in [0.1, 0.15) is 5.82 Å². The van der Waals surface area contributed by atoms with Gasteiger partial charge in [-0.15, -0.1) is 0 Å². The van der Waals surface area contributed by atoms with E-state index in [-0.39, 0.29) is 5.91 Å². The van der Waals surface area contributed by atoms with Crippen LogP contribution >= 0.6 is 0 Å². The van der Waals surface area contributed by atoms with Crippen LogP contribution in [0.4, 0.5) is 11.5 Å². The molecule has 1 aliphatic rings. The lowest BCUT2D eigenvalue weighted by atomic mass is 10.1. The van der Waals surface area contributed by atoms with Gasteiger partial charge >= 0.3 is 0 Å². The summed E-state index contributed by atoms with van der Waals surface area (Å²) in [6, 6.07) is 8.40. The number of benzene rings is 1. The number of hydrogen-bond donors (Lipinski definition) is 0. The Balaban J connectivity index is 1.46. The molecule has 1 saturated heterocycles. The maximum atomic E-state index is 12.5. The molecule has 2 heterocycles. The van der Waals surface area contributed by atoms with E-state index in [1.807, 2.05) is 19.0 Å². The van der Waals surface area contributed by atoms with Crippen LogP contribution in [0, 0.1) is 0 Å². The van der Waals surface area contributed by atoms with E-state index in [0.717, 1.165) is 38.4 Å². The zero-order chi connectivity index (χ0) is 17.6. The van der Waals surface area contributed by atoms with Gasteiger partial charge in [-0.3, -0.25) is 9.78 Å². The fraction of sp³-hybridized carbons (Fsp3) is 0.421. The summed E-state index contributed by atoms with van der Waals surface area (Å²) in [5, 5.41) is 0. The first-order valence-corrected chi connectivity index (χ1v) is 8.68. The van der Waals surface area contributed by atoms with E-state index in [2.05, 4.69) is 44.0 Å². The number of carbonyl (C=O) groups excluding carboxylic acids is 1. The van der Waals surface area contributed by atoms with Gasteiger partial charge in [0.2, 0.25) is 5.91 Å². The summed E-state index contributed by atoms with van der Waals surface area (Å²) in [6.45, 7) is 3.11. The highest BCUT2D eigenvalue weighted by molar-refractivity contribution is 5.76. The van der Waals surface area contributed by atoms with Crippen molar-refractivity contribution >= 4 is 17.4 Å². The summed E-state index contributed by atoms with van der Waals surface area (Å²) < 4.78 is 0. The van der Waals surface area contributed by atoms with Gasteiger partial charge in [0.15, 0.2) is 0 Å². The molecule has 6 heteroatoms. The summed E-state index contributed by atoms with van der Waals surface area (Å²) >= 11 is 0. The molecular formula is C19H25N5O. The van der Waals surface area contributed by atoms with Crippen LogP contribution in [-0.2, 0) is 11.2 Å². The third-order valence-corrected chi connectivity index (χ3v) is 4.59. The third-order valence-electron chi connectivity index (χ3n) is 4.59. The molecule has 1 aromatic heterocycles. The molecule has 1 fully saturated rings. The Bertz CT molecular complexity index is 679. The van der Waals surface area contributed by atoms with Crippen LogP contribution in [0.25, 0.3) is 0 Å². The number of anilines is 2. The Morgan fingerprint density at radius 3 is 2.40 bits per heavy atom. The number of rotatable bonds is 5. The first-order valence-electron chi connectivity index (χ1n) is 8.68. The standard InChI is InChI=1S/C19H25N5O/c1-22(2)17-6-3-16(4-7-17)5-8-19(25)24-13-11-23(12-14-24)18-15-20-9-10-21-18/h3-4,6-7,9-10,15H,5,8,11-14H2,1-2H3. The van der Waals surface area contributed by atoms with Crippen molar-refractivity contribution in [3.05, 3.63) is 48.4 Å². The Morgan fingerprint density at radius 2 is 1.80 bits per heavy atom. The third kappa shape index (κ3) is 4.47. The highest BCUT2D eigenvalue weighted by Gasteiger charge is 2.21. The summed E-state index contributed by atoms with van der Waals surface area (Å²) in [5.74, 6) is 1.12. The first kappa shape index (κ1) is 17.2. The lowest BCUT2D eigenvalue weighted by molar-refractivity contribution is -0.131. The van der Waals surface area contributed by atoms with Gasteiger partial charge in [0, 0.05) is 64.8 Å². The minimum absolute atomic E-state index is 0.232. The van der Waals surface area contributed by atoms with Crippen LogP contribution in [0.3, 0.4) is 0 Å². The van der Waals surface area contributed by atoms with Crippen LogP contribution < -0.4 is 9.80 Å². The number of carbonyl (C=O) groups is 1. The molecule has 2 aromatic rings. The average Bonchev–Trinajstić information content (AvgIpc) is 2.67. The molecule has 1 aromatic carbocycles. The fourth-order valence-electron chi connectivity index (χ4n) is 3.01. The summed E-state index contributed by atoms with van der Waals surface area (Å²) in [4.78, 5) is 27.1. The molecule has 3 rings (SSSR count). The van der Waals surface area contributed by atoms with E-state index in [4.69, 9.17) is 0 Å². The van der Waals surface area contributed by atoms with Crippen molar-refractivity contribution in [1.29, 1.82) is 0 Å². The second-order valence-corrected chi connectivity index (χ2v) is 6.49. The second kappa shape index (κ2) is 7.96. The minimum Gasteiger partial charge on any atom is -0.378 e. The average molecular weight is 339 g/mol. The normalized spacial score (nSPS) is 14.5. The Labute approximate surface area is 149 Å². The molecule has 0 N–H and O–H groups in total. The van der Waals surface area contributed by atoms with Crippen LogP contribution in [0.1, 0.15) is 12.0 Å². The van der Waals surface area contributed by atoms with Gasteiger partial charge in [-0.25, -0.2) is 4.98 Å². The van der Waals surface area contributed by atoms with Crippen molar-refractivity contribution in [2.45, 2.75) is 12.8 Å². The quantitative estimate of drug-likeness (QED) is 0.832. The molecule has 0 unspecified atom stereocenters. The van der Waals surface area contributed by atoms with Crippen LogP contribution in [0.15, 0.2) is 42.9 Å². The summed E-state index contributed by atoms with van der Waals surface area (Å²) in [5.41, 5.74) is 2.38. The zero-order valence-corrected chi connectivity index (χ0v) is 14.9. The monoisotopic (exact) mass is 339 g/mol. The molecule has 25 heavy (non-hydrogen) atoms. The molecule has 132 valence electrons. The van der Waals surface area contributed by atoms with Gasteiger partial charge in [-0.1, -0.05) is 12.1 Å². The Morgan fingerprint density at radius 1 is 1.08 bits per heavy atom. The largest absolute Gasteiger partial charge is 0.378 e. The van der Waals surface area contributed by atoms with E-state index < -0.39 is 0 Å². The topological polar surface area (TPSA) is 52.6 Å². The van der Waals surface area contributed by atoms with Crippen molar-refractivity contribution in [2.75, 3.05) is 50.1 Å². The van der Waals surface area contributed by atoms with E-state index in [0.29, 0.717) is 6.42 Å². The molecule has 0 spiro atoms. The molecule has 1 amide bonds. The SMILES string of the molecule is CN(C)c1ccc(CCC(=O)N2CCN(c3cnccn3)CC2)cc1. The van der Waals surface area contributed by atoms with Gasteiger partial charge in [-0.2, -0.15) is 0 Å². The smallest absolute Gasteiger partial charge is 0.223 e. The number of hydrogen-bond acceptors (Lipinski definition) is 5. The molecule has 0 saturated carbocycles. The van der Waals surface area contributed by atoms with Gasteiger partial charge in [0.05, 0.1) is 6.20 Å². The molecule has 0 bridgehead atoms. The van der Waals surface area contributed by atoms with Gasteiger partial charge in [-0.05, 0) is 24.1 Å². The number of piperazine rings is 1. The van der Waals surface area contributed by atoms with E-state index >= 15 is 0 Å². The Hall–Kier alpha value is -2.63. The first-order chi connectivity index (χ1) is 12.1. The van der Waals surface area contributed by atoms with Crippen molar-refractivity contribution in [1.82, 2.24) is 14.9 Å². The van der Waals surface area contributed by atoms with Crippen LogP contribution in [-0.4, -0.2) is 61.0 Å². The molecule has 1 aliphatic heterocycles. The molecular weight excluding hydrogens is 314 g/mol. The lowest BCUT2D eigenvalue weighted by Crippen LogP contribution is -2.49. The maximum absolute atomic E-state index is 12.5. The fourth-order valence-corrected chi connectivity index (χ4v) is 3.01. The van der Waals surface area contributed by atoms with Crippen LogP contribution in [0.5, 0.6) is 0 Å². The number of nitrogens with zero attached hydrogens (tertiary/aromatic N) is 5. The van der Waals surface area contributed by atoms with Crippen molar-refractivity contribution in [2.24, 2.45) is 0 Å². The molecule has 0 atom stereocenters. The van der Waals surface area contributed by atoms with Crippen molar-refractivity contribution in [3.8, 4) is 0 Å². The van der Waals surface area contributed by atoms with E-state index in [1.165, 1.54) is 11.3 Å². The predicted molar refractivity (Wildman–Crippen MR) is 99.9 cm³/mol. The highest BCUT2D eigenvalue weighted by atomic mass is 16.2. The zero-order valence-electron chi connectivity index (χ0n) is 14.9. The second-order valence-electron chi connectivity index (χ2n) is 6.49. The van der Waals surface area contributed by atoms with Gasteiger partial charge < -0.3 is 14.7 Å². The maximum Gasteiger partial charge on any atom is 0.223 e. The summed E-state index contributed by atoms with van der Waals surface area (Å²) in [6.07, 6.45) is 6.50. The molecule has 6 nitrogen and oxygen atoms in total. The van der Waals surface area contributed by atoms with Gasteiger partial charge in [0.25, 0.3) is 0 Å². The lowest BCUT2D eigenvalue weighted by Gasteiger charge is -2.35. The number of aryl methyl sites for hydroxylation is 1. The van der Waals surface area contributed by atoms with Crippen molar-refractivity contribution in [3.63, 3.8) is 0 Å². The van der Waals surface area contributed by atoms with E-state index in [1.54, 1.807) is 18.6 Å². The Kier molecular flexibility index (Phi) is 5.48. The van der Waals surface area contributed by atoms with Crippen LogP contribution in [0.2, 0.25) is 0 Å². The highest BCUT2D eigenvalue weighted by Crippen LogP contribution is 2.15. The predicted octanol–water partition coefficient (Wildman–Crippen LogP) is 1.82. The molecule has 0 radical (unpaired) electrons. The minimum atomic E-state index is 0.232. The van der Waals surface area contributed by atoms with E-state index in [9.17, 15) is 4.79 Å². The molecule has 0 aliphatic carbocycles. The van der Waals surface area contributed by atoms with Crippen molar-refractivity contribution < 1.29 is 4.79 Å². The summed E-state index contributed by atoms with van der Waals surface area (Å²) in [7, 11) is 4.05. The number of aromatic nitrogens is 2. The number of amides is 1.